The molecule has 0 aliphatic rings. The van der Waals surface area contributed by atoms with Crippen molar-refractivity contribution in [1.29, 1.82) is 0 Å². The Morgan fingerprint density at radius 3 is 2.35 bits per heavy atom. The van der Waals surface area contributed by atoms with Crippen LogP contribution in [0.15, 0.2) is 28.7 Å². The maximum atomic E-state index is 6.58. The fraction of sp³-hybridized carbons (Fsp3) is 0.286. The van der Waals surface area contributed by atoms with E-state index in [0.717, 1.165) is 10.0 Å². The van der Waals surface area contributed by atoms with Crippen molar-refractivity contribution in [3.63, 3.8) is 0 Å². The molecule has 90 valence electrons. The van der Waals surface area contributed by atoms with Crippen LogP contribution in [0.2, 0.25) is 0 Å². The van der Waals surface area contributed by atoms with E-state index in [1.165, 1.54) is 20.9 Å². The molecule has 1 heterocycles. The Hall–Kier alpha value is -0.310. The zero-order valence-corrected chi connectivity index (χ0v) is 13.2. The van der Waals surface area contributed by atoms with E-state index in [0.29, 0.717) is 0 Å². The summed E-state index contributed by atoms with van der Waals surface area (Å²) in [6, 6.07) is 8.53. The van der Waals surface area contributed by atoms with Gasteiger partial charge in [-0.1, -0.05) is 22.0 Å². The van der Waals surface area contributed by atoms with Crippen molar-refractivity contribution in [2.24, 2.45) is 0 Å². The number of thiophene rings is 1. The number of aryl methyl sites for hydroxylation is 3. The highest BCUT2D eigenvalue weighted by atomic mass is 79.9. The summed E-state index contributed by atoms with van der Waals surface area (Å²) in [5, 5.41) is -0.0591. The topological polar surface area (TPSA) is 0 Å². The maximum absolute atomic E-state index is 6.58. The van der Waals surface area contributed by atoms with Crippen LogP contribution in [0.4, 0.5) is 0 Å². The minimum absolute atomic E-state index is 0.0591. The Kier molecular flexibility index (Phi) is 3.96. The van der Waals surface area contributed by atoms with E-state index in [1.54, 1.807) is 11.3 Å². The Bertz CT molecular complexity index is 525. The first kappa shape index (κ1) is 13.1. The van der Waals surface area contributed by atoms with Gasteiger partial charge in [-0.3, -0.25) is 0 Å². The fourth-order valence-electron chi connectivity index (χ4n) is 1.99. The third kappa shape index (κ3) is 2.93. The standard InChI is InChI=1S/C14H14BrClS/c1-8-4-11(7-12(15)5-8)14(16)13-6-9(2)17-10(13)3/h4-7,14H,1-3H3. The molecule has 0 saturated carbocycles. The zero-order valence-electron chi connectivity index (χ0n) is 10.1. The molecule has 0 amide bonds. The summed E-state index contributed by atoms with van der Waals surface area (Å²) in [4.78, 5) is 2.62. The van der Waals surface area contributed by atoms with E-state index in [1.807, 2.05) is 0 Å². The Labute approximate surface area is 120 Å². The highest BCUT2D eigenvalue weighted by molar-refractivity contribution is 9.10. The molecule has 0 spiro atoms. The summed E-state index contributed by atoms with van der Waals surface area (Å²) in [7, 11) is 0. The Morgan fingerprint density at radius 1 is 1.12 bits per heavy atom. The van der Waals surface area contributed by atoms with Crippen LogP contribution in [0.3, 0.4) is 0 Å². The molecule has 0 saturated heterocycles. The molecule has 0 radical (unpaired) electrons. The lowest BCUT2D eigenvalue weighted by atomic mass is 10.0. The molecule has 1 aromatic carbocycles. The normalized spacial score (nSPS) is 12.8. The molecule has 0 nitrogen and oxygen atoms in total. The molecular formula is C14H14BrClS. The van der Waals surface area contributed by atoms with E-state index < -0.39 is 0 Å². The zero-order chi connectivity index (χ0) is 12.6. The van der Waals surface area contributed by atoms with Crippen molar-refractivity contribution >= 4 is 38.9 Å². The molecule has 2 rings (SSSR count). The summed E-state index contributed by atoms with van der Waals surface area (Å²) in [5.41, 5.74) is 3.61. The quantitative estimate of drug-likeness (QED) is 0.614. The van der Waals surface area contributed by atoms with Gasteiger partial charge in [-0.15, -0.1) is 22.9 Å². The molecule has 3 heteroatoms. The van der Waals surface area contributed by atoms with Gasteiger partial charge in [0.15, 0.2) is 0 Å². The predicted molar refractivity (Wildman–Crippen MR) is 80.4 cm³/mol. The average molecular weight is 330 g/mol. The summed E-state index contributed by atoms with van der Waals surface area (Å²) in [6.45, 7) is 6.34. The molecular weight excluding hydrogens is 316 g/mol. The second kappa shape index (κ2) is 5.13. The van der Waals surface area contributed by atoms with Crippen molar-refractivity contribution in [2.75, 3.05) is 0 Å². The molecule has 2 aromatic rings. The van der Waals surface area contributed by atoms with E-state index in [9.17, 15) is 0 Å². The van der Waals surface area contributed by atoms with E-state index in [-0.39, 0.29) is 5.38 Å². The fourth-order valence-corrected chi connectivity index (χ4v) is 4.00. The molecule has 17 heavy (non-hydrogen) atoms. The SMILES string of the molecule is Cc1cc(Br)cc(C(Cl)c2cc(C)sc2C)c1. The van der Waals surface area contributed by atoms with Crippen LogP contribution in [-0.4, -0.2) is 0 Å². The van der Waals surface area contributed by atoms with Gasteiger partial charge < -0.3 is 0 Å². The van der Waals surface area contributed by atoms with Crippen LogP contribution in [0, 0.1) is 20.8 Å². The monoisotopic (exact) mass is 328 g/mol. The smallest absolute Gasteiger partial charge is 0.0846 e. The third-order valence-corrected chi connectivity index (χ3v) is 4.64. The van der Waals surface area contributed by atoms with Gasteiger partial charge >= 0.3 is 0 Å². The molecule has 0 bridgehead atoms. The third-order valence-electron chi connectivity index (χ3n) is 2.71. The first-order valence-corrected chi connectivity index (χ1v) is 7.50. The number of halogens is 2. The minimum Gasteiger partial charge on any atom is -0.146 e. The first-order valence-electron chi connectivity index (χ1n) is 5.45. The van der Waals surface area contributed by atoms with E-state index >= 15 is 0 Å². The average Bonchev–Trinajstić information content (AvgIpc) is 2.55. The molecule has 0 aliphatic heterocycles. The molecule has 0 N–H and O–H groups in total. The second-order valence-corrected chi connectivity index (χ2v) is 7.11. The molecule has 1 unspecified atom stereocenters. The van der Waals surface area contributed by atoms with Crippen molar-refractivity contribution in [1.82, 2.24) is 0 Å². The molecule has 0 fully saturated rings. The molecule has 1 atom stereocenters. The van der Waals surface area contributed by atoms with Gasteiger partial charge in [0.1, 0.15) is 0 Å². The summed E-state index contributed by atoms with van der Waals surface area (Å²) < 4.78 is 1.09. The van der Waals surface area contributed by atoms with Crippen LogP contribution in [-0.2, 0) is 0 Å². The first-order chi connectivity index (χ1) is 7.97. The van der Waals surface area contributed by atoms with Crippen LogP contribution < -0.4 is 0 Å². The Balaban J connectivity index is 2.43. The molecule has 0 aliphatic carbocycles. The minimum atomic E-state index is -0.0591. The molecule has 1 aromatic heterocycles. The van der Waals surface area contributed by atoms with Gasteiger partial charge in [0.2, 0.25) is 0 Å². The van der Waals surface area contributed by atoms with Crippen molar-refractivity contribution < 1.29 is 0 Å². The lowest BCUT2D eigenvalue weighted by Crippen LogP contribution is -1.94. The van der Waals surface area contributed by atoms with E-state index in [4.69, 9.17) is 11.6 Å². The van der Waals surface area contributed by atoms with Crippen molar-refractivity contribution in [2.45, 2.75) is 26.1 Å². The lowest BCUT2D eigenvalue weighted by molar-refractivity contribution is 1.12. The number of hydrogen-bond donors (Lipinski definition) is 0. The van der Waals surface area contributed by atoms with Crippen LogP contribution in [0.1, 0.15) is 31.8 Å². The maximum Gasteiger partial charge on any atom is 0.0846 e. The summed E-state index contributed by atoms with van der Waals surface area (Å²) in [6.07, 6.45) is 0. The Morgan fingerprint density at radius 2 is 1.82 bits per heavy atom. The summed E-state index contributed by atoms with van der Waals surface area (Å²) in [5.74, 6) is 0. The second-order valence-electron chi connectivity index (χ2n) is 4.29. The van der Waals surface area contributed by atoms with Gasteiger partial charge in [-0.05, 0) is 55.7 Å². The van der Waals surface area contributed by atoms with Crippen LogP contribution >= 0.6 is 38.9 Å². The van der Waals surface area contributed by atoms with Gasteiger partial charge in [0, 0.05) is 14.2 Å². The number of alkyl halides is 1. The largest absolute Gasteiger partial charge is 0.146 e. The van der Waals surface area contributed by atoms with Gasteiger partial charge in [-0.25, -0.2) is 0 Å². The van der Waals surface area contributed by atoms with Crippen LogP contribution in [0.5, 0.6) is 0 Å². The summed E-state index contributed by atoms with van der Waals surface area (Å²) >= 11 is 11.9. The van der Waals surface area contributed by atoms with Gasteiger partial charge in [-0.2, -0.15) is 0 Å². The number of hydrogen-bond acceptors (Lipinski definition) is 1. The van der Waals surface area contributed by atoms with E-state index in [2.05, 4.69) is 61.0 Å². The highest BCUT2D eigenvalue weighted by Crippen LogP contribution is 2.36. The van der Waals surface area contributed by atoms with Gasteiger partial charge in [0.05, 0.1) is 5.38 Å². The highest BCUT2D eigenvalue weighted by Gasteiger charge is 2.16. The van der Waals surface area contributed by atoms with Crippen molar-refractivity contribution in [3.8, 4) is 0 Å². The van der Waals surface area contributed by atoms with Gasteiger partial charge in [0.25, 0.3) is 0 Å². The van der Waals surface area contributed by atoms with Crippen LogP contribution in [0.25, 0.3) is 0 Å². The lowest BCUT2D eigenvalue weighted by Gasteiger charge is -2.11. The number of benzene rings is 1. The van der Waals surface area contributed by atoms with Crippen molar-refractivity contribution in [3.05, 3.63) is 55.2 Å². The predicted octanol–water partition coefficient (Wildman–Crippen LogP) is 5.76. The number of rotatable bonds is 2.